The summed E-state index contributed by atoms with van der Waals surface area (Å²) in [6.45, 7) is 5.86. The van der Waals surface area contributed by atoms with Crippen LogP contribution >= 0.6 is 0 Å². The maximum atomic E-state index is 13.1. The first-order chi connectivity index (χ1) is 16.5. The number of hydrogen-bond acceptors (Lipinski definition) is 6. The van der Waals surface area contributed by atoms with Gasteiger partial charge in [0, 0.05) is 58.8 Å². The van der Waals surface area contributed by atoms with Crippen molar-refractivity contribution < 1.29 is 23.9 Å². The van der Waals surface area contributed by atoms with E-state index in [2.05, 4.69) is 4.90 Å². The molecule has 1 aromatic carbocycles. The minimum Gasteiger partial charge on any atom is -0.493 e. The first-order valence-electron chi connectivity index (χ1n) is 12.3. The van der Waals surface area contributed by atoms with Gasteiger partial charge in [0.15, 0.2) is 11.5 Å². The molecule has 0 N–H and O–H groups in total. The molecule has 4 rings (SSSR count). The number of benzene rings is 1. The molecule has 9 nitrogen and oxygen atoms in total. The molecule has 186 valence electrons. The Morgan fingerprint density at radius 2 is 1.65 bits per heavy atom. The van der Waals surface area contributed by atoms with E-state index in [1.807, 2.05) is 28.0 Å². The molecular weight excluding hydrogens is 436 g/mol. The van der Waals surface area contributed by atoms with Gasteiger partial charge < -0.3 is 24.2 Å². The van der Waals surface area contributed by atoms with Crippen molar-refractivity contribution in [3.8, 4) is 11.5 Å². The number of carbonyl (C=O) groups excluding carboxylic acids is 3. The molecule has 0 aromatic heterocycles. The van der Waals surface area contributed by atoms with Gasteiger partial charge >= 0.3 is 0 Å². The molecule has 0 aliphatic carbocycles. The van der Waals surface area contributed by atoms with Crippen LogP contribution in [0.25, 0.3) is 0 Å². The molecule has 34 heavy (non-hydrogen) atoms. The van der Waals surface area contributed by atoms with Crippen LogP contribution in [0, 0.1) is 5.92 Å². The summed E-state index contributed by atoms with van der Waals surface area (Å²) in [4.78, 5) is 45.8. The summed E-state index contributed by atoms with van der Waals surface area (Å²) in [5.41, 5.74) is 1.06. The number of nitrogens with zero attached hydrogens (tertiary/aromatic N) is 4. The van der Waals surface area contributed by atoms with Crippen molar-refractivity contribution in [2.75, 3.05) is 73.1 Å². The van der Waals surface area contributed by atoms with Gasteiger partial charge in [-0.25, -0.2) is 0 Å². The number of ether oxygens (including phenoxy) is 2. The van der Waals surface area contributed by atoms with Crippen LogP contribution in [0.1, 0.15) is 24.8 Å². The Balaban J connectivity index is 1.23. The third kappa shape index (κ3) is 5.63. The van der Waals surface area contributed by atoms with Crippen molar-refractivity contribution in [2.24, 2.45) is 5.92 Å². The lowest BCUT2D eigenvalue weighted by atomic mass is 10.1. The van der Waals surface area contributed by atoms with Crippen molar-refractivity contribution in [3.63, 3.8) is 0 Å². The average Bonchev–Trinajstić information content (AvgIpc) is 3.53. The van der Waals surface area contributed by atoms with Gasteiger partial charge in [0.05, 0.1) is 26.7 Å². The third-order valence-electron chi connectivity index (χ3n) is 7.18. The molecule has 3 aliphatic rings. The summed E-state index contributed by atoms with van der Waals surface area (Å²) < 4.78 is 10.6. The van der Waals surface area contributed by atoms with Crippen molar-refractivity contribution in [1.82, 2.24) is 19.6 Å². The van der Waals surface area contributed by atoms with Gasteiger partial charge in [-0.3, -0.25) is 19.3 Å². The Morgan fingerprint density at radius 3 is 2.32 bits per heavy atom. The summed E-state index contributed by atoms with van der Waals surface area (Å²) in [6.07, 6.45) is 3.16. The fraction of sp³-hybridized carbons (Fsp3) is 0.640. The summed E-state index contributed by atoms with van der Waals surface area (Å²) in [6, 6.07) is 5.76. The molecule has 1 atom stereocenters. The van der Waals surface area contributed by atoms with Gasteiger partial charge in [0.25, 0.3) is 0 Å². The maximum absolute atomic E-state index is 13.1. The minimum atomic E-state index is -0.282. The molecule has 1 unspecified atom stereocenters. The van der Waals surface area contributed by atoms with E-state index < -0.39 is 0 Å². The minimum absolute atomic E-state index is 0.0358. The number of methoxy groups -OCH3 is 2. The zero-order valence-corrected chi connectivity index (χ0v) is 20.3. The monoisotopic (exact) mass is 472 g/mol. The summed E-state index contributed by atoms with van der Waals surface area (Å²) in [7, 11) is 3.21. The van der Waals surface area contributed by atoms with Crippen LogP contribution in [0.15, 0.2) is 18.2 Å². The van der Waals surface area contributed by atoms with E-state index in [0.29, 0.717) is 63.7 Å². The van der Waals surface area contributed by atoms with Crippen molar-refractivity contribution in [1.29, 1.82) is 0 Å². The fourth-order valence-electron chi connectivity index (χ4n) is 5.10. The molecule has 3 aliphatic heterocycles. The third-order valence-corrected chi connectivity index (χ3v) is 7.18. The van der Waals surface area contributed by atoms with E-state index >= 15 is 0 Å². The molecule has 9 heteroatoms. The smallest absolute Gasteiger partial charge is 0.236 e. The number of rotatable bonds is 8. The highest BCUT2D eigenvalue weighted by Gasteiger charge is 2.37. The Labute approximate surface area is 201 Å². The summed E-state index contributed by atoms with van der Waals surface area (Å²) in [5, 5.41) is 0. The van der Waals surface area contributed by atoms with Gasteiger partial charge in [-0.05, 0) is 37.0 Å². The second-order valence-electron chi connectivity index (χ2n) is 9.37. The van der Waals surface area contributed by atoms with Gasteiger partial charge in [0.2, 0.25) is 17.7 Å². The van der Waals surface area contributed by atoms with Crippen LogP contribution in [-0.4, -0.2) is 110 Å². The highest BCUT2D eigenvalue weighted by atomic mass is 16.5. The molecule has 3 amide bonds. The largest absolute Gasteiger partial charge is 0.493 e. The van der Waals surface area contributed by atoms with Crippen LogP contribution in [0.5, 0.6) is 11.5 Å². The first kappa shape index (κ1) is 24.3. The van der Waals surface area contributed by atoms with E-state index in [9.17, 15) is 14.4 Å². The molecule has 0 spiro atoms. The van der Waals surface area contributed by atoms with E-state index in [0.717, 1.165) is 31.5 Å². The Hall–Kier alpha value is -2.81. The van der Waals surface area contributed by atoms with Gasteiger partial charge in [-0.15, -0.1) is 0 Å². The molecule has 3 heterocycles. The normalized spacial score (nSPS) is 21.3. The number of amides is 3. The van der Waals surface area contributed by atoms with E-state index in [1.165, 1.54) is 0 Å². The predicted molar refractivity (Wildman–Crippen MR) is 127 cm³/mol. The standard InChI is InChI=1S/C25H36N4O5/c1-33-21-6-5-19(15-22(21)34-2)7-10-29-17-20(16-23(29)30)25(32)28-13-11-26(12-14-28)18-24(31)27-8-3-4-9-27/h5-6,15,20H,3-4,7-14,16-18H2,1-2H3. The second-order valence-corrected chi connectivity index (χ2v) is 9.37. The van der Waals surface area contributed by atoms with Crippen molar-refractivity contribution in [3.05, 3.63) is 23.8 Å². The quantitative estimate of drug-likeness (QED) is 0.558. The van der Waals surface area contributed by atoms with Gasteiger partial charge in [0.1, 0.15) is 0 Å². The van der Waals surface area contributed by atoms with E-state index in [4.69, 9.17) is 9.47 Å². The molecule has 1 aromatic rings. The average molecular weight is 473 g/mol. The van der Waals surface area contributed by atoms with Crippen LogP contribution in [0.3, 0.4) is 0 Å². The van der Waals surface area contributed by atoms with Crippen molar-refractivity contribution >= 4 is 17.7 Å². The SMILES string of the molecule is COc1ccc(CCN2CC(C(=O)N3CCN(CC(=O)N4CCCC4)CC3)CC2=O)cc1OC. The number of likely N-dealkylation sites (tertiary alicyclic amines) is 2. The molecule has 3 fully saturated rings. The lowest BCUT2D eigenvalue weighted by molar-refractivity contribution is -0.138. The zero-order valence-electron chi connectivity index (χ0n) is 20.3. The number of carbonyl (C=O) groups is 3. The topological polar surface area (TPSA) is 82.6 Å². The molecule has 0 bridgehead atoms. The molecular formula is C25H36N4O5. The number of piperazine rings is 1. The molecule has 3 saturated heterocycles. The lowest BCUT2D eigenvalue weighted by Gasteiger charge is -2.36. The van der Waals surface area contributed by atoms with Gasteiger partial charge in [-0.2, -0.15) is 0 Å². The Morgan fingerprint density at radius 1 is 0.941 bits per heavy atom. The van der Waals surface area contributed by atoms with Crippen LogP contribution < -0.4 is 9.47 Å². The number of hydrogen-bond donors (Lipinski definition) is 0. The fourth-order valence-corrected chi connectivity index (χ4v) is 5.10. The predicted octanol–water partition coefficient (Wildman–Crippen LogP) is 0.861. The van der Waals surface area contributed by atoms with E-state index in [-0.39, 0.29) is 30.1 Å². The van der Waals surface area contributed by atoms with Gasteiger partial charge in [-0.1, -0.05) is 6.07 Å². The lowest BCUT2D eigenvalue weighted by Crippen LogP contribution is -2.52. The van der Waals surface area contributed by atoms with Crippen LogP contribution in [0.4, 0.5) is 0 Å². The van der Waals surface area contributed by atoms with Crippen LogP contribution in [-0.2, 0) is 20.8 Å². The second kappa shape index (κ2) is 11.1. The summed E-state index contributed by atoms with van der Waals surface area (Å²) >= 11 is 0. The van der Waals surface area contributed by atoms with E-state index in [1.54, 1.807) is 19.1 Å². The molecule has 0 radical (unpaired) electrons. The highest BCUT2D eigenvalue weighted by molar-refractivity contribution is 5.89. The first-order valence-corrected chi connectivity index (χ1v) is 12.3. The molecule has 0 saturated carbocycles. The van der Waals surface area contributed by atoms with Crippen LogP contribution in [0.2, 0.25) is 0 Å². The van der Waals surface area contributed by atoms with Crippen molar-refractivity contribution in [2.45, 2.75) is 25.7 Å². The highest BCUT2D eigenvalue weighted by Crippen LogP contribution is 2.28. The maximum Gasteiger partial charge on any atom is 0.236 e. The Bertz CT molecular complexity index is 893. The summed E-state index contributed by atoms with van der Waals surface area (Å²) in [5.74, 6) is 1.36. The zero-order chi connectivity index (χ0) is 24.1. The Kier molecular flexibility index (Phi) is 7.92.